The molecule has 0 atom stereocenters. The highest BCUT2D eigenvalue weighted by atomic mass is 19.4. The molecule has 2 aromatic carbocycles. The molecule has 0 radical (unpaired) electrons. The summed E-state index contributed by atoms with van der Waals surface area (Å²) in [5.74, 6) is 0.445. The summed E-state index contributed by atoms with van der Waals surface area (Å²) < 4.78 is 40.3. The van der Waals surface area contributed by atoms with E-state index in [9.17, 15) is 18.0 Å². The van der Waals surface area contributed by atoms with Crippen LogP contribution in [-0.4, -0.2) is 9.55 Å². The fourth-order valence-corrected chi connectivity index (χ4v) is 3.08. The molecule has 0 saturated carbocycles. The van der Waals surface area contributed by atoms with Crippen LogP contribution in [0.1, 0.15) is 23.4 Å². The van der Waals surface area contributed by atoms with Gasteiger partial charge in [-0.25, -0.2) is 4.98 Å². The molecule has 3 aromatic rings. The monoisotopic (exact) mass is 342 g/mol. The van der Waals surface area contributed by atoms with Crippen molar-refractivity contribution >= 4 is 22.6 Å². The van der Waals surface area contributed by atoms with Gasteiger partial charge in [0, 0.05) is 6.54 Å². The largest absolute Gasteiger partial charge is 0.416 e. The van der Waals surface area contributed by atoms with Crippen molar-refractivity contribution in [2.24, 2.45) is 0 Å². The maximum absolute atomic E-state index is 12.9. The molecular formula is C19H13F3N2O. The van der Waals surface area contributed by atoms with Gasteiger partial charge in [0.2, 0.25) is 0 Å². The van der Waals surface area contributed by atoms with E-state index in [2.05, 4.69) is 4.98 Å². The first-order valence-corrected chi connectivity index (χ1v) is 7.81. The minimum Gasteiger partial charge on any atom is -0.292 e. The zero-order chi connectivity index (χ0) is 17.6. The lowest BCUT2D eigenvalue weighted by atomic mass is 10.1. The summed E-state index contributed by atoms with van der Waals surface area (Å²) >= 11 is 0. The van der Waals surface area contributed by atoms with E-state index >= 15 is 0 Å². The van der Waals surface area contributed by atoms with E-state index in [0.29, 0.717) is 18.8 Å². The third kappa shape index (κ3) is 2.73. The molecule has 0 amide bonds. The average molecular weight is 342 g/mol. The second kappa shape index (κ2) is 5.58. The molecule has 0 N–H and O–H groups in total. The van der Waals surface area contributed by atoms with E-state index in [1.54, 1.807) is 0 Å². The lowest BCUT2D eigenvalue weighted by Crippen LogP contribution is -2.21. The van der Waals surface area contributed by atoms with Gasteiger partial charge in [0.1, 0.15) is 5.82 Å². The van der Waals surface area contributed by atoms with E-state index in [0.717, 1.165) is 23.3 Å². The van der Waals surface area contributed by atoms with Crippen molar-refractivity contribution in [3.05, 3.63) is 75.8 Å². The van der Waals surface area contributed by atoms with Crippen molar-refractivity contribution in [2.75, 3.05) is 0 Å². The Labute approximate surface area is 141 Å². The van der Waals surface area contributed by atoms with Crippen LogP contribution in [-0.2, 0) is 12.7 Å². The van der Waals surface area contributed by atoms with Crippen LogP contribution < -0.4 is 5.56 Å². The second-order valence-corrected chi connectivity index (χ2v) is 5.95. The summed E-state index contributed by atoms with van der Waals surface area (Å²) in [5, 5.41) is 0.206. The molecule has 25 heavy (non-hydrogen) atoms. The van der Waals surface area contributed by atoms with Gasteiger partial charge in [-0.1, -0.05) is 30.3 Å². The maximum atomic E-state index is 12.9. The van der Waals surface area contributed by atoms with Crippen LogP contribution in [0.5, 0.6) is 0 Å². The Hall–Kier alpha value is -2.89. The van der Waals surface area contributed by atoms with Gasteiger partial charge in [0.05, 0.1) is 16.5 Å². The number of benzene rings is 2. The first-order valence-electron chi connectivity index (χ1n) is 7.81. The molecule has 1 aliphatic rings. The Morgan fingerprint density at radius 3 is 2.56 bits per heavy atom. The van der Waals surface area contributed by atoms with Crippen LogP contribution in [0.2, 0.25) is 0 Å². The quantitative estimate of drug-likeness (QED) is 0.659. The first-order chi connectivity index (χ1) is 11.9. The topological polar surface area (TPSA) is 34.9 Å². The summed E-state index contributed by atoms with van der Waals surface area (Å²) in [4.78, 5) is 17.0. The summed E-state index contributed by atoms with van der Waals surface area (Å²) in [5.41, 5.74) is 0.785. The second-order valence-electron chi connectivity index (χ2n) is 5.95. The van der Waals surface area contributed by atoms with Crippen LogP contribution in [0.4, 0.5) is 13.2 Å². The molecule has 0 saturated heterocycles. The number of nitrogens with zero attached hydrogens (tertiary/aromatic N) is 2. The molecule has 1 aliphatic heterocycles. The molecule has 0 aliphatic carbocycles. The smallest absolute Gasteiger partial charge is 0.292 e. The highest BCUT2D eigenvalue weighted by molar-refractivity contribution is 5.85. The number of alkyl halides is 3. The normalized spacial score (nSPS) is 15.7. The third-order valence-corrected chi connectivity index (χ3v) is 4.32. The predicted molar refractivity (Wildman–Crippen MR) is 89.9 cm³/mol. The van der Waals surface area contributed by atoms with Gasteiger partial charge in [-0.2, -0.15) is 13.2 Å². The molecular weight excluding hydrogens is 329 g/mol. The standard InChI is InChI=1S/C19H13F3N2O/c20-19(21,22)14-6-7-15-16(11-14)23-17-13(8-9-24(17)18(15)25)10-12-4-2-1-3-5-12/h1-7,10-11H,8-9H2/b13-10-. The van der Waals surface area contributed by atoms with Crippen molar-refractivity contribution in [2.45, 2.75) is 19.1 Å². The number of halogens is 3. The van der Waals surface area contributed by atoms with Crippen LogP contribution in [0.15, 0.2) is 53.3 Å². The zero-order valence-corrected chi connectivity index (χ0v) is 13.0. The van der Waals surface area contributed by atoms with Crippen molar-refractivity contribution in [1.29, 1.82) is 0 Å². The molecule has 2 heterocycles. The van der Waals surface area contributed by atoms with Gasteiger partial charge in [-0.3, -0.25) is 9.36 Å². The Kier molecular flexibility index (Phi) is 3.49. The summed E-state index contributed by atoms with van der Waals surface area (Å²) in [6.07, 6.45) is -1.92. The van der Waals surface area contributed by atoms with Gasteiger partial charge in [-0.15, -0.1) is 0 Å². The third-order valence-electron chi connectivity index (χ3n) is 4.32. The van der Waals surface area contributed by atoms with Crippen LogP contribution in [0.25, 0.3) is 22.6 Å². The molecule has 0 unspecified atom stereocenters. The highest BCUT2D eigenvalue weighted by Gasteiger charge is 2.31. The molecule has 3 nitrogen and oxygen atoms in total. The molecule has 0 spiro atoms. The minimum atomic E-state index is -4.46. The predicted octanol–water partition coefficient (Wildman–Crippen LogP) is 4.36. The Bertz CT molecular complexity index is 1050. The fourth-order valence-electron chi connectivity index (χ4n) is 3.08. The minimum absolute atomic E-state index is 0.0759. The zero-order valence-electron chi connectivity index (χ0n) is 13.0. The van der Waals surface area contributed by atoms with E-state index in [1.165, 1.54) is 10.6 Å². The fraction of sp³-hybridized carbons (Fsp3) is 0.158. The summed E-state index contributed by atoms with van der Waals surface area (Å²) in [7, 11) is 0. The van der Waals surface area contributed by atoms with Crippen molar-refractivity contribution in [3.8, 4) is 0 Å². The number of allylic oxidation sites excluding steroid dienone is 1. The highest BCUT2D eigenvalue weighted by Crippen LogP contribution is 2.32. The van der Waals surface area contributed by atoms with Crippen LogP contribution in [0.3, 0.4) is 0 Å². The SMILES string of the molecule is O=c1c2ccc(C(F)(F)F)cc2nc2n1CC/C2=C/c1ccccc1. The van der Waals surface area contributed by atoms with Crippen LogP contribution in [0, 0.1) is 0 Å². The summed E-state index contributed by atoms with van der Waals surface area (Å²) in [6, 6.07) is 12.6. The molecule has 0 bridgehead atoms. The molecule has 6 heteroatoms. The number of hydrogen-bond donors (Lipinski definition) is 0. The molecule has 1 aromatic heterocycles. The Balaban J connectivity index is 1.90. The van der Waals surface area contributed by atoms with E-state index in [1.807, 2.05) is 36.4 Å². The Morgan fingerprint density at radius 2 is 1.84 bits per heavy atom. The van der Waals surface area contributed by atoms with E-state index in [4.69, 9.17) is 0 Å². The molecule has 126 valence electrons. The average Bonchev–Trinajstić information content (AvgIpc) is 2.98. The molecule has 0 fully saturated rings. The van der Waals surface area contributed by atoms with E-state index in [-0.39, 0.29) is 16.5 Å². The lowest BCUT2D eigenvalue weighted by molar-refractivity contribution is -0.137. The summed E-state index contributed by atoms with van der Waals surface area (Å²) in [6.45, 7) is 0.483. The van der Waals surface area contributed by atoms with Gasteiger partial charge in [0.15, 0.2) is 0 Å². The first kappa shape index (κ1) is 15.6. The van der Waals surface area contributed by atoms with Gasteiger partial charge < -0.3 is 0 Å². The van der Waals surface area contributed by atoms with Crippen molar-refractivity contribution < 1.29 is 13.2 Å². The van der Waals surface area contributed by atoms with Crippen molar-refractivity contribution in [1.82, 2.24) is 9.55 Å². The Morgan fingerprint density at radius 1 is 1.08 bits per heavy atom. The van der Waals surface area contributed by atoms with E-state index < -0.39 is 11.7 Å². The number of fused-ring (bicyclic) bond motifs is 2. The number of rotatable bonds is 1. The maximum Gasteiger partial charge on any atom is 0.416 e. The van der Waals surface area contributed by atoms with Crippen LogP contribution >= 0.6 is 0 Å². The van der Waals surface area contributed by atoms with Gasteiger partial charge in [0.25, 0.3) is 5.56 Å². The lowest BCUT2D eigenvalue weighted by Gasteiger charge is -2.09. The number of aromatic nitrogens is 2. The molecule has 4 rings (SSSR count). The van der Waals surface area contributed by atoms with Gasteiger partial charge >= 0.3 is 6.18 Å². The number of hydrogen-bond acceptors (Lipinski definition) is 2. The van der Waals surface area contributed by atoms with Crippen molar-refractivity contribution in [3.63, 3.8) is 0 Å². The van der Waals surface area contributed by atoms with Gasteiger partial charge in [-0.05, 0) is 41.8 Å².